The third-order valence-electron chi connectivity index (χ3n) is 5.75. The lowest BCUT2D eigenvalue weighted by Gasteiger charge is -2.29. The molecule has 2 aliphatic heterocycles. The lowest BCUT2D eigenvalue weighted by atomic mass is 10.0. The predicted octanol–water partition coefficient (Wildman–Crippen LogP) is 2.79. The summed E-state index contributed by atoms with van der Waals surface area (Å²) in [5, 5.41) is 13.8. The van der Waals surface area contributed by atoms with E-state index in [-0.39, 0.29) is 49.1 Å². The van der Waals surface area contributed by atoms with Crippen LogP contribution in [0.5, 0.6) is 0 Å². The molecular weight excluding hydrogens is 471 g/mol. The van der Waals surface area contributed by atoms with Crippen LogP contribution >= 0.6 is 0 Å². The zero-order chi connectivity index (χ0) is 25.3. The number of aliphatic hydroxyl groups is 1. The van der Waals surface area contributed by atoms with Crippen molar-refractivity contribution in [2.24, 2.45) is 0 Å². The number of nitrogens with one attached hydrogen (secondary N) is 2. The Bertz CT molecular complexity index is 1180. The molecule has 0 aliphatic carbocycles. The van der Waals surface area contributed by atoms with E-state index >= 15 is 0 Å². The van der Waals surface area contributed by atoms with Crippen LogP contribution < -0.4 is 10.6 Å². The maximum Gasteiger partial charge on any atom is 0.418 e. The molecule has 184 valence electrons. The minimum atomic E-state index is -4.80. The van der Waals surface area contributed by atoms with Gasteiger partial charge in [0, 0.05) is 24.2 Å². The molecule has 35 heavy (non-hydrogen) atoms. The van der Waals surface area contributed by atoms with Crippen LogP contribution in [0.1, 0.15) is 46.0 Å². The SMILES string of the molecule is O=C1CCC(N2Cc3ccc(COC(=O)Nc4ccc(C(O)C(F)(F)F)cc4)cc3C2=O)C(=O)N1. The van der Waals surface area contributed by atoms with Gasteiger partial charge in [0.15, 0.2) is 6.10 Å². The summed E-state index contributed by atoms with van der Waals surface area (Å²) >= 11 is 0. The van der Waals surface area contributed by atoms with Crippen LogP contribution in [0.3, 0.4) is 0 Å². The van der Waals surface area contributed by atoms with Crippen LogP contribution in [-0.2, 0) is 27.5 Å². The molecule has 2 heterocycles. The van der Waals surface area contributed by atoms with Gasteiger partial charge in [0.2, 0.25) is 11.8 Å². The fourth-order valence-electron chi connectivity index (χ4n) is 3.93. The number of halogens is 3. The second-order valence-electron chi connectivity index (χ2n) is 8.16. The first-order valence-corrected chi connectivity index (χ1v) is 10.6. The maximum absolute atomic E-state index is 12.8. The number of amides is 4. The normalized spacial score (nSPS) is 18.7. The van der Waals surface area contributed by atoms with Gasteiger partial charge in [-0.3, -0.25) is 25.0 Å². The molecule has 2 aromatic rings. The van der Waals surface area contributed by atoms with E-state index in [0.717, 1.165) is 12.1 Å². The molecule has 4 rings (SSSR count). The van der Waals surface area contributed by atoms with Crippen molar-refractivity contribution in [2.75, 3.05) is 5.32 Å². The van der Waals surface area contributed by atoms with Gasteiger partial charge in [-0.05, 0) is 41.3 Å². The number of fused-ring (bicyclic) bond motifs is 1. The van der Waals surface area contributed by atoms with Crippen molar-refractivity contribution in [2.45, 2.75) is 44.3 Å². The molecule has 2 unspecified atom stereocenters. The fourth-order valence-corrected chi connectivity index (χ4v) is 3.93. The second-order valence-corrected chi connectivity index (χ2v) is 8.16. The molecule has 0 aromatic heterocycles. The summed E-state index contributed by atoms with van der Waals surface area (Å²) in [4.78, 5) is 49.8. The molecule has 0 bridgehead atoms. The minimum absolute atomic E-state index is 0.149. The van der Waals surface area contributed by atoms with E-state index in [0.29, 0.717) is 16.7 Å². The number of ether oxygens (including phenoxy) is 1. The van der Waals surface area contributed by atoms with Crippen molar-refractivity contribution in [1.82, 2.24) is 10.2 Å². The number of carbonyl (C=O) groups excluding carboxylic acids is 4. The number of anilines is 1. The molecule has 1 saturated heterocycles. The minimum Gasteiger partial charge on any atom is -0.444 e. The Hall–Kier alpha value is -3.93. The highest BCUT2D eigenvalue weighted by Gasteiger charge is 2.40. The van der Waals surface area contributed by atoms with E-state index < -0.39 is 30.3 Å². The number of hydrogen-bond acceptors (Lipinski definition) is 6. The van der Waals surface area contributed by atoms with Crippen molar-refractivity contribution in [1.29, 1.82) is 0 Å². The summed E-state index contributed by atoms with van der Waals surface area (Å²) in [6.07, 6.45) is -7.90. The van der Waals surface area contributed by atoms with E-state index in [1.165, 1.54) is 17.0 Å². The molecule has 9 nitrogen and oxygen atoms in total. The maximum atomic E-state index is 12.8. The third kappa shape index (κ3) is 5.27. The number of benzene rings is 2. The molecule has 2 atom stereocenters. The van der Waals surface area contributed by atoms with Gasteiger partial charge in [-0.15, -0.1) is 0 Å². The summed E-state index contributed by atoms with van der Waals surface area (Å²) in [6, 6.07) is 8.65. The van der Waals surface area contributed by atoms with Gasteiger partial charge in [0.25, 0.3) is 5.91 Å². The van der Waals surface area contributed by atoms with Crippen LogP contribution in [0.4, 0.5) is 23.7 Å². The summed E-state index contributed by atoms with van der Waals surface area (Å²) < 4.78 is 42.8. The Balaban J connectivity index is 1.33. The average molecular weight is 491 g/mol. The highest BCUT2D eigenvalue weighted by molar-refractivity contribution is 6.05. The van der Waals surface area contributed by atoms with Crippen LogP contribution in [0.25, 0.3) is 0 Å². The topological polar surface area (TPSA) is 125 Å². The summed E-state index contributed by atoms with van der Waals surface area (Å²) in [5.41, 5.74) is 1.38. The van der Waals surface area contributed by atoms with Crippen LogP contribution in [0, 0.1) is 0 Å². The first-order chi connectivity index (χ1) is 16.5. The number of piperidine rings is 1. The fraction of sp³-hybridized carbons (Fsp3) is 0.304. The van der Waals surface area contributed by atoms with Crippen LogP contribution in [0.15, 0.2) is 42.5 Å². The van der Waals surface area contributed by atoms with Crippen molar-refractivity contribution in [3.8, 4) is 0 Å². The van der Waals surface area contributed by atoms with Crippen molar-refractivity contribution in [3.63, 3.8) is 0 Å². The highest BCUT2D eigenvalue weighted by Crippen LogP contribution is 2.33. The second kappa shape index (κ2) is 9.37. The van der Waals surface area contributed by atoms with Gasteiger partial charge >= 0.3 is 12.3 Å². The Labute approximate surface area is 196 Å². The zero-order valence-corrected chi connectivity index (χ0v) is 18.1. The largest absolute Gasteiger partial charge is 0.444 e. The van der Waals surface area contributed by atoms with Gasteiger partial charge in [0.1, 0.15) is 12.6 Å². The third-order valence-corrected chi connectivity index (χ3v) is 5.75. The van der Waals surface area contributed by atoms with Crippen LogP contribution in [-0.4, -0.2) is 46.0 Å². The molecule has 2 aromatic carbocycles. The van der Waals surface area contributed by atoms with E-state index in [2.05, 4.69) is 10.6 Å². The Morgan fingerprint density at radius 3 is 2.54 bits per heavy atom. The number of imide groups is 1. The first-order valence-electron chi connectivity index (χ1n) is 10.6. The summed E-state index contributed by atoms with van der Waals surface area (Å²) in [7, 11) is 0. The molecule has 0 spiro atoms. The average Bonchev–Trinajstić information content (AvgIpc) is 3.13. The zero-order valence-electron chi connectivity index (χ0n) is 18.1. The molecule has 3 N–H and O–H groups in total. The Morgan fingerprint density at radius 1 is 1.17 bits per heavy atom. The Morgan fingerprint density at radius 2 is 1.89 bits per heavy atom. The predicted molar refractivity (Wildman–Crippen MR) is 114 cm³/mol. The number of aliphatic hydroxyl groups excluding tert-OH is 1. The molecule has 2 aliphatic rings. The quantitative estimate of drug-likeness (QED) is 0.553. The lowest BCUT2D eigenvalue weighted by molar-refractivity contribution is -0.206. The summed E-state index contributed by atoms with van der Waals surface area (Å²) in [6.45, 7) is 0.0385. The molecule has 0 saturated carbocycles. The lowest BCUT2D eigenvalue weighted by Crippen LogP contribution is -2.52. The van der Waals surface area contributed by atoms with Gasteiger partial charge in [-0.1, -0.05) is 24.3 Å². The van der Waals surface area contributed by atoms with E-state index in [4.69, 9.17) is 4.74 Å². The van der Waals surface area contributed by atoms with E-state index in [1.807, 2.05) is 0 Å². The van der Waals surface area contributed by atoms with E-state index in [9.17, 15) is 37.5 Å². The highest BCUT2D eigenvalue weighted by atomic mass is 19.4. The monoisotopic (exact) mass is 491 g/mol. The van der Waals surface area contributed by atoms with Crippen LogP contribution in [0.2, 0.25) is 0 Å². The van der Waals surface area contributed by atoms with Gasteiger partial charge in [-0.2, -0.15) is 13.2 Å². The molecule has 0 radical (unpaired) electrons. The van der Waals surface area contributed by atoms with E-state index in [1.54, 1.807) is 18.2 Å². The number of nitrogens with zero attached hydrogens (tertiary/aromatic N) is 1. The van der Waals surface area contributed by atoms with Gasteiger partial charge < -0.3 is 14.7 Å². The van der Waals surface area contributed by atoms with Crippen molar-refractivity contribution < 1.29 is 42.2 Å². The van der Waals surface area contributed by atoms with Gasteiger partial charge in [-0.25, -0.2) is 4.79 Å². The number of alkyl halides is 3. The Kier molecular flexibility index (Phi) is 6.48. The van der Waals surface area contributed by atoms with Crippen molar-refractivity contribution in [3.05, 3.63) is 64.7 Å². The standard InChI is InChI=1S/C23H20F3N3O6/c24-23(25,26)19(31)13-3-5-15(6-4-13)27-22(34)35-11-12-1-2-14-10-29(21(33)16(14)9-12)17-7-8-18(30)28-20(17)32/h1-6,9,17,19,31H,7-8,10-11H2,(H,27,34)(H,28,30,32). The summed E-state index contributed by atoms with van der Waals surface area (Å²) in [5.74, 6) is -1.24. The molecule has 12 heteroatoms. The van der Waals surface area contributed by atoms with Gasteiger partial charge in [0.05, 0.1) is 0 Å². The first kappa shape index (κ1) is 24.2. The number of carbonyl (C=O) groups is 4. The molecule has 1 fully saturated rings. The van der Waals surface area contributed by atoms with Crippen molar-refractivity contribution >= 4 is 29.5 Å². The number of hydrogen-bond donors (Lipinski definition) is 3. The molecule has 4 amide bonds. The smallest absolute Gasteiger partial charge is 0.418 e. The number of rotatable bonds is 5. The molecular formula is C23H20F3N3O6.